The molecule has 0 bridgehead atoms. The molecule has 0 atom stereocenters. The van der Waals surface area contributed by atoms with E-state index in [1.54, 1.807) is 0 Å². The highest BCUT2D eigenvalue weighted by molar-refractivity contribution is 7.90. The van der Waals surface area contributed by atoms with Gasteiger partial charge < -0.3 is 14.8 Å². The van der Waals surface area contributed by atoms with Crippen molar-refractivity contribution in [2.24, 2.45) is 0 Å². The summed E-state index contributed by atoms with van der Waals surface area (Å²) in [5.74, 6) is -0.575. The summed E-state index contributed by atoms with van der Waals surface area (Å²) in [6, 6.07) is 11.5. The molecule has 2 aromatic carbocycles. The van der Waals surface area contributed by atoms with Crippen LogP contribution in [0.25, 0.3) is 0 Å². The molecule has 148 valence electrons. The minimum atomic E-state index is -3.30. The van der Waals surface area contributed by atoms with E-state index in [2.05, 4.69) is 5.32 Å². The van der Waals surface area contributed by atoms with Crippen LogP contribution in [0.1, 0.15) is 17.5 Å². The van der Waals surface area contributed by atoms with Gasteiger partial charge in [0.2, 0.25) is 0 Å². The second-order valence-electron chi connectivity index (χ2n) is 6.58. The Kier molecular flexibility index (Phi) is 5.99. The number of rotatable bonds is 7. The predicted molar refractivity (Wildman–Crippen MR) is 103 cm³/mol. The van der Waals surface area contributed by atoms with E-state index in [0.29, 0.717) is 11.4 Å². The van der Waals surface area contributed by atoms with E-state index in [1.165, 1.54) is 35.4 Å². The zero-order chi connectivity index (χ0) is 20.1. The van der Waals surface area contributed by atoms with Gasteiger partial charge in [-0.2, -0.15) is 0 Å². The van der Waals surface area contributed by atoms with Gasteiger partial charge >= 0.3 is 5.97 Å². The number of hydrogen-bond acceptors (Lipinski definition) is 6. The fraction of sp³-hybridized carbons (Fsp3) is 0.300. The molecule has 0 saturated heterocycles. The molecule has 1 amide bonds. The molecule has 3 rings (SSSR count). The first kappa shape index (κ1) is 19.9. The van der Waals surface area contributed by atoms with Crippen LogP contribution >= 0.6 is 0 Å². The molecule has 0 saturated carbocycles. The Bertz CT molecular complexity index is 982. The molecule has 0 unspecified atom stereocenters. The normalized spacial score (nSPS) is 12.9. The molecule has 1 aliphatic rings. The van der Waals surface area contributed by atoms with Crippen molar-refractivity contribution in [3.05, 3.63) is 53.6 Å². The lowest BCUT2D eigenvalue weighted by Gasteiger charge is -2.09. The van der Waals surface area contributed by atoms with Crippen LogP contribution in [0.3, 0.4) is 0 Å². The van der Waals surface area contributed by atoms with Gasteiger partial charge in [0.1, 0.15) is 5.75 Å². The van der Waals surface area contributed by atoms with Crippen LogP contribution in [0.4, 0.5) is 5.69 Å². The lowest BCUT2D eigenvalue weighted by Crippen LogP contribution is -2.23. The SMILES string of the molecule is CS(=O)(=O)c1ccc(NC(=O)COC(=O)COc2ccc3c(c2)CCC3)cc1. The Morgan fingerprint density at radius 2 is 1.71 bits per heavy atom. The first-order valence-corrected chi connectivity index (χ1v) is 10.7. The zero-order valence-corrected chi connectivity index (χ0v) is 16.3. The highest BCUT2D eigenvalue weighted by atomic mass is 32.2. The molecule has 0 aromatic heterocycles. The quantitative estimate of drug-likeness (QED) is 0.711. The molecule has 0 spiro atoms. The molecule has 1 N–H and O–H groups in total. The lowest BCUT2D eigenvalue weighted by atomic mass is 10.1. The summed E-state index contributed by atoms with van der Waals surface area (Å²) in [6.45, 7) is -0.741. The number of ether oxygens (including phenoxy) is 2. The van der Waals surface area contributed by atoms with Crippen molar-refractivity contribution < 1.29 is 27.5 Å². The van der Waals surface area contributed by atoms with E-state index in [4.69, 9.17) is 9.47 Å². The molecular weight excluding hydrogens is 382 g/mol. The molecule has 2 aromatic rings. The van der Waals surface area contributed by atoms with Gasteiger partial charge in [-0.25, -0.2) is 13.2 Å². The van der Waals surface area contributed by atoms with E-state index in [-0.39, 0.29) is 11.5 Å². The van der Waals surface area contributed by atoms with Gasteiger partial charge in [0.05, 0.1) is 4.90 Å². The van der Waals surface area contributed by atoms with Gasteiger partial charge in [-0.15, -0.1) is 0 Å². The van der Waals surface area contributed by atoms with Crippen molar-refractivity contribution in [2.45, 2.75) is 24.2 Å². The molecule has 7 nitrogen and oxygen atoms in total. The molecule has 0 radical (unpaired) electrons. The number of fused-ring (bicyclic) bond motifs is 1. The maximum Gasteiger partial charge on any atom is 0.344 e. The maximum absolute atomic E-state index is 11.9. The Morgan fingerprint density at radius 1 is 1.00 bits per heavy atom. The Balaban J connectivity index is 1.42. The number of amides is 1. The average Bonchev–Trinajstić information content (AvgIpc) is 3.12. The van der Waals surface area contributed by atoms with Crippen molar-refractivity contribution in [1.82, 2.24) is 0 Å². The van der Waals surface area contributed by atoms with Gasteiger partial charge in [-0.3, -0.25) is 4.79 Å². The number of esters is 1. The van der Waals surface area contributed by atoms with E-state index in [0.717, 1.165) is 25.5 Å². The maximum atomic E-state index is 11.9. The predicted octanol–water partition coefficient (Wildman–Crippen LogP) is 2.14. The third-order valence-corrected chi connectivity index (χ3v) is 5.49. The van der Waals surface area contributed by atoms with Gasteiger partial charge in [0, 0.05) is 11.9 Å². The highest BCUT2D eigenvalue weighted by Gasteiger charge is 2.13. The molecule has 0 heterocycles. The molecule has 8 heteroatoms. The zero-order valence-electron chi connectivity index (χ0n) is 15.4. The number of aryl methyl sites for hydroxylation is 2. The number of hydrogen-bond donors (Lipinski definition) is 1. The number of nitrogens with one attached hydrogen (secondary N) is 1. The summed E-state index contributed by atoms with van der Waals surface area (Å²) >= 11 is 0. The lowest BCUT2D eigenvalue weighted by molar-refractivity contribution is -0.149. The summed E-state index contributed by atoms with van der Waals surface area (Å²) in [4.78, 5) is 23.8. The van der Waals surface area contributed by atoms with E-state index < -0.39 is 28.3 Å². The molecule has 0 fully saturated rings. The number of benzene rings is 2. The second-order valence-corrected chi connectivity index (χ2v) is 8.59. The van der Waals surface area contributed by atoms with Crippen LogP contribution in [0.15, 0.2) is 47.4 Å². The summed E-state index contributed by atoms with van der Waals surface area (Å²) in [5.41, 5.74) is 2.96. The average molecular weight is 403 g/mol. The van der Waals surface area contributed by atoms with E-state index in [9.17, 15) is 18.0 Å². The van der Waals surface area contributed by atoms with Crippen LogP contribution < -0.4 is 10.1 Å². The van der Waals surface area contributed by atoms with Crippen LogP contribution in [-0.2, 0) is 37.0 Å². The monoisotopic (exact) mass is 403 g/mol. The number of carbonyl (C=O) groups excluding carboxylic acids is 2. The van der Waals surface area contributed by atoms with Gasteiger partial charge in [0.15, 0.2) is 23.1 Å². The van der Waals surface area contributed by atoms with E-state index >= 15 is 0 Å². The topological polar surface area (TPSA) is 98.8 Å². The second kappa shape index (κ2) is 8.43. The first-order valence-electron chi connectivity index (χ1n) is 8.81. The highest BCUT2D eigenvalue weighted by Crippen LogP contribution is 2.26. The standard InChI is InChI=1S/C20H21NO6S/c1-28(24,25)18-9-6-16(7-10-18)21-19(22)12-27-20(23)13-26-17-8-5-14-3-2-4-15(14)11-17/h5-11H,2-4,12-13H2,1H3,(H,21,22). The van der Waals surface area contributed by atoms with Crippen molar-refractivity contribution in [1.29, 1.82) is 0 Å². The minimum Gasteiger partial charge on any atom is -0.482 e. The summed E-state index contributed by atoms with van der Waals surface area (Å²) < 4.78 is 33.1. The molecular formula is C20H21NO6S. The minimum absolute atomic E-state index is 0.153. The molecule has 0 aliphatic heterocycles. The fourth-order valence-corrected chi connectivity index (χ4v) is 3.58. The van der Waals surface area contributed by atoms with Gasteiger partial charge in [-0.05, 0) is 66.8 Å². The molecule has 1 aliphatic carbocycles. The van der Waals surface area contributed by atoms with Crippen molar-refractivity contribution in [3.63, 3.8) is 0 Å². The Labute approximate surface area is 163 Å². The van der Waals surface area contributed by atoms with Crippen molar-refractivity contribution in [3.8, 4) is 5.75 Å². The Hall–Kier alpha value is -2.87. The summed E-state index contributed by atoms with van der Waals surface area (Å²) in [6.07, 6.45) is 4.32. The van der Waals surface area contributed by atoms with Crippen LogP contribution in [-0.4, -0.2) is 39.8 Å². The van der Waals surface area contributed by atoms with Crippen molar-refractivity contribution in [2.75, 3.05) is 24.8 Å². The summed E-state index contributed by atoms with van der Waals surface area (Å²) in [7, 11) is -3.30. The Morgan fingerprint density at radius 3 is 2.43 bits per heavy atom. The van der Waals surface area contributed by atoms with Gasteiger partial charge in [0.25, 0.3) is 5.91 Å². The van der Waals surface area contributed by atoms with Crippen molar-refractivity contribution >= 4 is 27.4 Å². The smallest absolute Gasteiger partial charge is 0.344 e. The van der Waals surface area contributed by atoms with Crippen LogP contribution in [0.5, 0.6) is 5.75 Å². The largest absolute Gasteiger partial charge is 0.482 e. The first-order chi connectivity index (χ1) is 13.3. The third-order valence-electron chi connectivity index (χ3n) is 4.36. The number of carbonyl (C=O) groups is 2. The van der Waals surface area contributed by atoms with Gasteiger partial charge in [-0.1, -0.05) is 6.07 Å². The van der Waals surface area contributed by atoms with Crippen LogP contribution in [0.2, 0.25) is 0 Å². The third kappa shape index (κ3) is 5.32. The molecule has 28 heavy (non-hydrogen) atoms. The number of anilines is 1. The summed E-state index contributed by atoms with van der Waals surface area (Å²) in [5, 5.41) is 2.53. The fourth-order valence-electron chi connectivity index (χ4n) is 2.95. The number of sulfone groups is 1. The van der Waals surface area contributed by atoms with Crippen LogP contribution in [0, 0.1) is 0 Å². The van der Waals surface area contributed by atoms with E-state index in [1.807, 2.05) is 18.2 Å².